The van der Waals surface area contributed by atoms with Gasteiger partial charge in [-0.3, -0.25) is 4.57 Å². The first-order valence-electron chi connectivity index (χ1n) is 8.12. The van der Waals surface area contributed by atoms with E-state index in [9.17, 15) is 0 Å². The van der Waals surface area contributed by atoms with Crippen LogP contribution in [0.15, 0.2) is 6.33 Å². The van der Waals surface area contributed by atoms with E-state index < -0.39 is 0 Å². The highest BCUT2D eigenvalue weighted by atomic mass is 32.1. The van der Waals surface area contributed by atoms with Crippen LogP contribution in [0, 0.1) is 4.77 Å². The van der Waals surface area contributed by atoms with Crippen LogP contribution in [0.1, 0.15) is 38.5 Å². The minimum Gasteiger partial charge on any atom is -0.317 e. The van der Waals surface area contributed by atoms with Crippen LogP contribution < -0.4 is 9.80 Å². The molecule has 3 heterocycles. The fraction of sp³-hybridized carbons (Fsp3) is 0.857. The Morgan fingerprint density at radius 1 is 0.900 bits per heavy atom. The number of hydrogen-bond acceptors (Lipinski definition) is 2. The third-order valence-electron chi connectivity index (χ3n) is 4.69. The summed E-state index contributed by atoms with van der Waals surface area (Å²) in [6.07, 6.45) is 10.1. The summed E-state index contributed by atoms with van der Waals surface area (Å²) in [5.74, 6) is 0. The number of likely N-dealkylation sites (tertiary alicyclic amines) is 2. The van der Waals surface area contributed by atoms with E-state index in [1.807, 2.05) is 11.0 Å². The standard InChI is InChI=1S/C14H25N5S/c20-14-18(12-16-7-3-1-4-8-16)11-15-19(14)13-17-9-5-2-6-10-17/h11H,1-10,12-13H2/p+2. The van der Waals surface area contributed by atoms with Gasteiger partial charge in [0.25, 0.3) is 0 Å². The van der Waals surface area contributed by atoms with Crippen molar-refractivity contribution in [3.05, 3.63) is 11.1 Å². The second kappa shape index (κ2) is 6.83. The van der Waals surface area contributed by atoms with Gasteiger partial charge in [0, 0.05) is 0 Å². The number of piperidine rings is 2. The van der Waals surface area contributed by atoms with Gasteiger partial charge in [-0.25, -0.2) is 0 Å². The van der Waals surface area contributed by atoms with Gasteiger partial charge in [-0.15, -0.1) is 0 Å². The third-order valence-corrected chi connectivity index (χ3v) is 5.13. The van der Waals surface area contributed by atoms with Gasteiger partial charge >= 0.3 is 0 Å². The minimum atomic E-state index is 0.904. The minimum absolute atomic E-state index is 0.904. The topological polar surface area (TPSA) is 31.6 Å². The van der Waals surface area contributed by atoms with Gasteiger partial charge in [0.05, 0.1) is 26.2 Å². The molecule has 2 N–H and O–H groups in total. The lowest BCUT2D eigenvalue weighted by atomic mass is 10.1. The molecule has 6 heteroatoms. The molecular weight excluding hydrogens is 270 g/mol. The van der Waals surface area contributed by atoms with E-state index in [2.05, 4.69) is 9.67 Å². The van der Waals surface area contributed by atoms with Gasteiger partial charge in [0.15, 0.2) is 13.3 Å². The second-order valence-corrected chi connectivity index (χ2v) is 6.69. The second-order valence-electron chi connectivity index (χ2n) is 6.32. The summed E-state index contributed by atoms with van der Waals surface area (Å²) in [6.45, 7) is 7.04. The first kappa shape index (κ1) is 14.2. The van der Waals surface area contributed by atoms with Crippen LogP contribution in [0.5, 0.6) is 0 Å². The molecule has 2 aliphatic rings. The highest BCUT2D eigenvalue weighted by Gasteiger charge is 2.17. The van der Waals surface area contributed by atoms with Crippen molar-refractivity contribution in [3.63, 3.8) is 0 Å². The SMILES string of the molecule is S=c1n(C[NH+]2CCCCC2)cnn1C[NH+]1CCCCC1. The molecule has 3 rings (SSSR count). The molecule has 0 unspecified atom stereocenters. The maximum Gasteiger partial charge on any atom is 0.206 e. The van der Waals surface area contributed by atoms with Crippen LogP contribution in [0.3, 0.4) is 0 Å². The van der Waals surface area contributed by atoms with Gasteiger partial charge in [0.1, 0.15) is 6.33 Å². The van der Waals surface area contributed by atoms with Crippen molar-refractivity contribution in [1.29, 1.82) is 0 Å². The Morgan fingerprint density at radius 3 is 2.05 bits per heavy atom. The van der Waals surface area contributed by atoms with E-state index in [1.165, 1.54) is 64.7 Å². The molecule has 2 aliphatic heterocycles. The Balaban J connectivity index is 1.60. The molecule has 0 bridgehead atoms. The molecule has 0 spiro atoms. The molecule has 0 aliphatic carbocycles. The molecule has 5 nitrogen and oxygen atoms in total. The zero-order chi connectivity index (χ0) is 13.8. The zero-order valence-electron chi connectivity index (χ0n) is 12.3. The highest BCUT2D eigenvalue weighted by molar-refractivity contribution is 7.71. The van der Waals surface area contributed by atoms with Gasteiger partial charge < -0.3 is 9.80 Å². The number of aromatic nitrogens is 3. The Labute approximate surface area is 126 Å². The maximum atomic E-state index is 5.60. The van der Waals surface area contributed by atoms with Crippen molar-refractivity contribution in [2.45, 2.75) is 51.9 Å². The fourth-order valence-electron chi connectivity index (χ4n) is 3.46. The monoisotopic (exact) mass is 297 g/mol. The van der Waals surface area contributed by atoms with E-state index in [0.29, 0.717) is 0 Å². The molecular formula is C14H27N5S+2. The summed E-state index contributed by atoms with van der Waals surface area (Å²) in [4.78, 5) is 3.28. The lowest BCUT2D eigenvalue weighted by Crippen LogP contribution is -3.12. The molecule has 2 saturated heterocycles. The first-order chi connectivity index (χ1) is 9.83. The maximum absolute atomic E-state index is 5.60. The summed E-state index contributed by atoms with van der Waals surface area (Å²) in [5.41, 5.74) is 0. The van der Waals surface area contributed by atoms with Crippen molar-refractivity contribution in [2.24, 2.45) is 0 Å². The van der Waals surface area contributed by atoms with Gasteiger partial charge in [0.2, 0.25) is 4.77 Å². The van der Waals surface area contributed by atoms with Crippen LogP contribution in [-0.4, -0.2) is 40.5 Å². The normalized spacial score (nSPS) is 22.2. The molecule has 0 aromatic carbocycles. The van der Waals surface area contributed by atoms with Crippen molar-refractivity contribution in [1.82, 2.24) is 14.3 Å². The summed E-state index contributed by atoms with van der Waals surface area (Å²) in [7, 11) is 0. The van der Waals surface area contributed by atoms with Crippen LogP contribution in [0.25, 0.3) is 0 Å². The van der Waals surface area contributed by atoms with Crippen molar-refractivity contribution in [2.75, 3.05) is 26.2 Å². The molecule has 0 atom stereocenters. The highest BCUT2D eigenvalue weighted by Crippen LogP contribution is 1.97. The molecule has 0 saturated carbocycles. The van der Waals surface area contributed by atoms with Crippen molar-refractivity contribution in [3.8, 4) is 0 Å². The molecule has 2 fully saturated rings. The predicted octanol–water partition coefficient (Wildman–Crippen LogP) is -0.533. The van der Waals surface area contributed by atoms with E-state index in [4.69, 9.17) is 12.2 Å². The summed E-state index contributed by atoms with van der Waals surface area (Å²) < 4.78 is 5.10. The largest absolute Gasteiger partial charge is 0.317 e. The quantitative estimate of drug-likeness (QED) is 0.732. The average molecular weight is 297 g/mol. The first-order valence-corrected chi connectivity index (χ1v) is 8.53. The summed E-state index contributed by atoms with van der Waals surface area (Å²) in [5, 5.41) is 4.52. The lowest BCUT2D eigenvalue weighted by Gasteiger charge is -2.24. The van der Waals surface area contributed by atoms with E-state index in [1.54, 1.807) is 9.80 Å². The Morgan fingerprint density at radius 2 is 1.45 bits per heavy atom. The van der Waals surface area contributed by atoms with Crippen molar-refractivity contribution < 1.29 is 9.80 Å². The Hall–Kier alpha value is -0.720. The zero-order valence-corrected chi connectivity index (χ0v) is 13.1. The Bertz CT molecular complexity index is 428. The third kappa shape index (κ3) is 3.48. The fourth-order valence-corrected chi connectivity index (χ4v) is 3.68. The van der Waals surface area contributed by atoms with E-state index in [-0.39, 0.29) is 0 Å². The Kier molecular flexibility index (Phi) is 4.86. The van der Waals surface area contributed by atoms with E-state index in [0.717, 1.165) is 18.1 Å². The molecule has 1 aromatic rings. The van der Waals surface area contributed by atoms with Crippen LogP contribution in [0.4, 0.5) is 0 Å². The molecule has 112 valence electrons. The molecule has 0 radical (unpaired) electrons. The number of rotatable bonds is 4. The van der Waals surface area contributed by atoms with Crippen LogP contribution >= 0.6 is 12.2 Å². The molecule has 20 heavy (non-hydrogen) atoms. The number of nitrogens with one attached hydrogen (secondary N) is 2. The number of hydrogen-bond donors (Lipinski definition) is 2. The van der Waals surface area contributed by atoms with Crippen LogP contribution in [-0.2, 0) is 13.3 Å². The molecule has 1 aromatic heterocycles. The lowest BCUT2D eigenvalue weighted by molar-refractivity contribution is -0.929. The van der Waals surface area contributed by atoms with Gasteiger partial charge in [-0.2, -0.15) is 9.78 Å². The van der Waals surface area contributed by atoms with E-state index >= 15 is 0 Å². The van der Waals surface area contributed by atoms with Gasteiger partial charge in [-0.05, 0) is 50.7 Å². The number of quaternary nitrogens is 2. The predicted molar refractivity (Wildman–Crippen MR) is 80.1 cm³/mol. The van der Waals surface area contributed by atoms with Gasteiger partial charge in [-0.1, -0.05) is 0 Å². The smallest absolute Gasteiger partial charge is 0.206 e. The summed E-state index contributed by atoms with van der Waals surface area (Å²) >= 11 is 5.60. The van der Waals surface area contributed by atoms with Crippen molar-refractivity contribution >= 4 is 12.2 Å². The average Bonchev–Trinajstić information content (AvgIpc) is 2.83. The molecule has 0 amide bonds. The summed E-state index contributed by atoms with van der Waals surface area (Å²) in [6, 6.07) is 0. The van der Waals surface area contributed by atoms with Crippen LogP contribution in [0.2, 0.25) is 0 Å². The number of nitrogens with zero attached hydrogens (tertiary/aromatic N) is 3.